The van der Waals surface area contributed by atoms with E-state index >= 15 is 0 Å². The summed E-state index contributed by atoms with van der Waals surface area (Å²) >= 11 is 0. The lowest BCUT2D eigenvalue weighted by atomic mass is 10.1. The molecule has 10 heteroatoms. The number of nitrogens with zero attached hydrogens (tertiary/aromatic N) is 3. The summed E-state index contributed by atoms with van der Waals surface area (Å²) in [6.45, 7) is 3.91. The van der Waals surface area contributed by atoms with E-state index in [1.165, 1.54) is 0 Å². The minimum atomic E-state index is -1.27. The summed E-state index contributed by atoms with van der Waals surface area (Å²) in [7, 11) is 0. The quantitative estimate of drug-likeness (QED) is 0.243. The van der Waals surface area contributed by atoms with Crippen LogP contribution in [0.15, 0.2) is 29.4 Å². The van der Waals surface area contributed by atoms with Gasteiger partial charge in [-0.15, -0.1) is 0 Å². The Labute approximate surface area is 155 Å². The maximum atomic E-state index is 12.1. The Bertz CT molecular complexity index is 758. The van der Waals surface area contributed by atoms with E-state index in [9.17, 15) is 14.4 Å². The van der Waals surface area contributed by atoms with Gasteiger partial charge in [0, 0.05) is 18.8 Å². The summed E-state index contributed by atoms with van der Waals surface area (Å²) in [4.78, 5) is 37.4. The highest BCUT2D eigenvalue weighted by molar-refractivity contribution is 5.89. The lowest BCUT2D eigenvalue weighted by Gasteiger charge is -2.19. The first-order chi connectivity index (χ1) is 12.8. The summed E-state index contributed by atoms with van der Waals surface area (Å²) in [6, 6.07) is 5.72. The van der Waals surface area contributed by atoms with Crippen LogP contribution in [0.4, 0.5) is 0 Å². The Morgan fingerprint density at radius 3 is 2.33 bits per heavy atom. The van der Waals surface area contributed by atoms with E-state index in [-0.39, 0.29) is 6.61 Å². The standard InChI is InChI=1S/C17H19N3O7/c1-9-4-6-12(7-5-9)16(23)24-8-13-14(19-20-18)15(25-10(2)21)17(27-13)26-11(3)22/h4-7,13-15,17H,8H2,1-3H3/t13-,14-,15-,17+/m1/s1. The van der Waals surface area contributed by atoms with E-state index in [4.69, 9.17) is 24.5 Å². The van der Waals surface area contributed by atoms with Crippen LogP contribution in [0.2, 0.25) is 0 Å². The molecule has 0 aliphatic carbocycles. The lowest BCUT2D eigenvalue weighted by Crippen LogP contribution is -2.38. The van der Waals surface area contributed by atoms with Gasteiger partial charge >= 0.3 is 17.9 Å². The molecule has 1 aromatic rings. The first-order valence-corrected chi connectivity index (χ1v) is 8.09. The van der Waals surface area contributed by atoms with E-state index in [1.807, 2.05) is 6.92 Å². The van der Waals surface area contributed by atoms with Crippen molar-refractivity contribution in [3.8, 4) is 0 Å². The molecule has 1 heterocycles. The number of hydrogen-bond acceptors (Lipinski definition) is 8. The van der Waals surface area contributed by atoms with Crippen molar-refractivity contribution >= 4 is 17.9 Å². The van der Waals surface area contributed by atoms with Gasteiger partial charge in [-0.25, -0.2) is 4.79 Å². The molecule has 144 valence electrons. The molecule has 2 rings (SSSR count). The van der Waals surface area contributed by atoms with Crippen LogP contribution in [0, 0.1) is 6.92 Å². The fourth-order valence-corrected chi connectivity index (χ4v) is 2.55. The number of aryl methyl sites for hydroxylation is 1. The number of rotatable bonds is 6. The molecule has 1 aromatic carbocycles. The molecule has 0 bridgehead atoms. The van der Waals surface area contributed by atoms with Gasteiger partial charge in [-0.1, -0.05) is 22.8 Å². The van der Waals surface area contributed by atoms with Gasteiger partial charge in [0.1, 0.15) is 18.8 Å². The predicted molar refractivity (Wildman–Crippen MR) is 90.4 cm³/mol. The Hall–Kier alpha value is -3.10. The molecule has 1 aliphatic heterocycles. The van der Waals surface area contributed by atoms with Crippen LogP contribution in [0.5, 0.6) is 0 Å². The van der Waals surface area contributed by atoms with E-state index in [2.05, 4.69) is 10.0 Å². The van der Waals surface area contributed by atoms with Crippen molar-refractivity contribution in [1.82, 2.24) is 0 Å². The smallest absolute Gasteiger partial charge is 0.338 e. The highest BCUT2D eigenvalue weighted by Gasteiger charge is 2.49. The zero-order chi connectivity index (χ0) is 20.0. The summed E-state index contributed by atoms with van der Waals surface area (Å²) in [5.41, 5.74) is 10.1. The number of hydrogen-bond donors (Lipinski definition) is 0. The van der Waals surface area contributed by atoms with E-state index < -0.39 is 42.4 Å². The van der Waals surface area contributed by atoms with Crippen LogP contribution < -0.4 is 0 Å². The maximum absolute atomic E-state index is 12.1. The summed E-state index contributed by atoms with van der Waals surface area (Å²) in [6.07, 6.45) is -3.38. The second kappa shape index (κ2) is 9.02. The average Bonchev–Trinajstić information content (AvgIpc) is 2.89. The molecule has 0 radical (unpaired) electrons. The minimum absolute atomic E-state index is 0.286. The highest BCUT2D eigenvalue weighted by Crippen LogP contribution is 2.28. The normalized spacial score (nSPS) is 23.8. The zero-order valence-corrected chi connectivity index (χ0v) is 15.0. The predicted octanol–water partition coefficient (Wildman–Crippen LogP) is 2.05. The van der Waals surface area contributed by atoms with E-state index in [0.29, 0.717) is 5.56 Å². The molecule has 27 heavy (non-hydrogen) atoms. The fourth-order valence-electron chi connectivity index (χ4n) is 2.55. The molecule has 0 saturated carbocycles. The van der Waals surface area contributed by atoms with Gasteiger partial charge in [-0.2, -0.15) is 0 Å². The topological polar surface area (TPSA) is 137 Å². The van der Waals surface area contributed by atoms with Crippen molar-refractivity contribution in [3.63, 3.8) is 0 Å². The Morgan fingerprint density at radius 1 is 1.15 bits per heavy atom. The first-order valence-electron chi connectivity index (χ1n) is 8.09. The molecule has 10 nitrogen and oxygen atoms in total. The van der Waals surface area contributed by atoms with Crippen LogP contribution in [0.25, 0.3) is 10.4 Å². The van der Waals surface area contributed by atoms with Crippen LogP contribution in [-0.4, -0.2) is 49.1 Å². The number of ether oxygens (including phenoxy) is 4. The molecule has 1 fully saturated rings. The minimum Gasteiger partial charge on any atom is -0.459 e. The van der Waals surface area contributed by atoms with Crippen LogP contribution in [-0.2, 0) is 28.5 Å². The van der Waals surface area contributed by atoms with Crippen LogP contribution in [0.1, 0.15) is 29.8 Å². The van der Waals surface area contributed by atoms with Gasteiger partial charge in [0.15, 0.2) is 6.10 Å². The first kappa shape index (κ1) is 20.2. The molecule has 0 aromatic heterocycles. The SMILES string of the molecule is CC(=O)O[C@H]1O[C@H](COC(=O)c2ccc(C)cc2)[C@@H](N=[N+]=[N-])[C@H]1OC(C)=O. The van der Waals surface area contributed by atoms with Crippen molar-refractivity contribution in [1.29, 1.82) is 0 Å². The number of carbonyl (C=O) groups excluding carboxylic acids is 3. The van der Waals surface area contributed by atoms with Crippen LogP contribution >= 0.6 is 0 Å². The monoisotopic (exact) mass is 377 g/mol. The zero-order valence-electron chi connectivity index (χ0n) is 15.0. The second-order valence-corrected chi connectivity index (χ2v) is 5.89. The van der Waals surface area contributed by atoms with Crippen molar-refractivity contribution in [2.24, 2.45) is 5.11 Å². The van der Waals surface area contributed by atoms with Gasteiger partial charge in [-0.05, 0) is 24.6 Å². The molecule has 0 unspecified atom stereocenters. The molecule has 4 atom stereocenters. The summed E-state index contributed by atoms with van der Waals surface area (Å²) < 4.78 is 20.8. The fraction of sp³-hybridized carbons (Fsp3) is 0.471. The van der Waals surface area contributed by atoms with Crippen molar-refractivity contribution in [2.75, 3.05) is 6.61 Å². The van der Waals surface area contributed by atoms with E-state index in [1.54, 1.807) is 24.3 Å². The van der Waals surface area contributed by atoms with Crippen LogP contribution in [0.3, 0.4) is 0 Å². The molecule has 1 aliphatic rings. The molecule has 0 amide bonds. The van der Waals surface area contributed by atoms with Crippen molar-refractivity contribution < 1.29 is 33.3 Å². The third-order valence-electron chi connectivity index (χ3n) is 3.73. The number of azide groups is 1. The average molecular weight is 377 g/mol. The molecular formula is C17H19N3O7. The molecular weight excluding hydrogens is 358 g/mol. The number of esters is 3. The van der Waals surface area contributed by atoms with Gasteiger partial charge in [0.05, 0.1) is 5.56 Å². The van der Waals surface area contributed by atoms with Gasteiger partial charge < -0.3 is 18.9 Å². The van der Waals surface area contributed by atoms with Crippen molar-refractivity contribution in [3.05, 3.63) is 45.8 Å². The van der Waals surface area contributed by atoms with Gasteiger partial charge in [0.2, 0.25) is 6.29 Å². The number of carbonyl (C=O) groups is 3. The van der Waals surface area contributed by atoms with Crippen molar-refractivity contribution in [2.45, 2.75) is 45.3 Å². The Morgan fingerprint density at radius 2 is 1.78 bits per heavy atom. The molecule has 0 N–H and O–H groups in total. The summed E-state index contributed by atoms with van der Waals surface area (Å²) in [5, 5.41) is 3.56. The third kappa shape index (κ3) is 5.44. The second-order valence-electron chi connectivity index (χ2n) is 5.89. The lowest BCUT2D eigenvalue weighted by molar-refractivity contribution is -0.195. The van der Waals surface area contributed by atoms with Gasteiger partial charge in [-0.3, -0.25) is 9.59 Å². The Kier molecular flexibility index (Phi) is 6.75. The molecule has 1 saturated heterocycles. The summed E-state index contributed by atoms with van der Waals surface area (Å²) in [5.74, 6) is -1.94. The third-order valence-corrected chi connectivity index (χ3v) is 3.73. The van der Waals surface area contributed by atoms with E-state index in [0.717, 1.165) is 19.4 Å². The maximum Gasteiger partial charge on any atom is 0.338 e. The number of benzene rings is 1. The highest BCUT2D eigenvalue weighted by atomic mass is 16.7. The molecule has 0 spiro atoms. The van der Waals surface area contributed by atoms with Gasteiger partial charge in [0.25, 0.3) is 0 Å². The Balaban J connectivity index is 2.11. The largest absolute Gasteiger partial charge is 0.459 e.